The van der Waals surface area contributed by atoms with Crippen molar-refractivity contribution in [2.24, 2.45) is 0 Å². The highest BCUT2D eigenvalue weighted by molar-refractivity contribution is 4.64. The fourth-order valence-electron chi connectivity index (χ4n) is 1.58. The highest BCUT2D eigenvalue weighted by Crippen LogP contribution is 2.23. The van der Waals surface area contributed by atoms with E-state index in [1.807, 2.05) is 0 Å². The Morgan fingerprint density at radius 3 is 2.11 bits per heavy atom. The Bertz CT molecular complexity index is 184. The summed E-state index contributed by atoms with van der Waals surface area (Å²) in [6, 6.07) is 0. The Balaban J connectivity index is 3.17. The van der Waals surface area contributed by atoms with E-state index in [2.05, 4.69) is 6.92 Å². The number of aliphatic hydroxyl groups is 1. The van der Waals surface area contributed by atoms with Gasteiger partial charge in [0.25, 0.3) is 0 Å². The summed E-state index contributed by atoms with van der Waals surface area (Å²) in [5, 5.41) is 8.76. The molecule has 0 aliphatic rings. The SMILES string of the molecule is CCCCOCCCCCCCC(O)C(F)(F)F. The Morgan fingerprint density at radius 2 is 1.50 bits per heavy atom. The predicted molar refractivity (Wildman–Crippen MR) is 65.5 cm³/mol. The largest absolute Gasteiger partial charge is 0.414 e. The summed E-state index contributed by atoms with van der Waals surface area (Å²) in [5.41, 5.74) is 0. The highest BCUT2D eigenvalue weighted by atomic mass is 19.4. The standard InChI is InChI=1S/C13H25F3O2/c1-2-3-10-18-11-8-6-4-5-7-9-12(17)13(14,15)16/h12,17H,2-11H2,1H3. The molecule has 0 saturated carbocycles. The Labute approximate surface area is 108 Å². The molecule has 0 aromatic heterocycles. The van der Waals surface area contributed by atoms with E-state index in [1.54, 1.807) is 0 Å². The van der Waals surface area contributed by atoms with Crippen LogP contribution in [-0.2, 0) is 4.74 Å². The molecular formula is C13H25F3O2. The van der Waals surface area contributed by atoms with Crippen molar-refractivity contribution in [2.45, 2.75) is 70.6 Å². The summed E-state index contributed by atoms with van der Waals surface area (Å²) in [5.74, 6) is 0. The van der Waals surface area contributed by atoms with Gasteiger partial charge in [0.05, 0.1) is 0 Å². The van der Waals surface area contributed by atoms with E-state index in [0.717, 1.165) is 51.7 Å². The molecule has 1 unspecified atom stereocenters. The minimum Gasteiger partial charge on any atom is -0.384 e. The van der Waals surface area contributed by atoms with Crippen molar-refractivity contribution in [3.8, 4) is 0 Å². The molecule has 0 bridgehead atoms. The van der Waals surface area contributed by atoms with Gasteiger partial charge in [0, 0.05) is 13.2 Å². The molecule has 18 heavy (non-hydrogen) atoms. The van der Waals surface area contributed by atoms with Crippen LogP contribution in [0.5, 0.6) is 0 Å². The molecule has 0 aliphatic heterocycles. The first kappa shape index (κ1) is 17.7. The minimum atomic E-state index is -4.47. The van der Waals surface area contributed by atoms with Crippen molar-refractivity contribution in [2.75, 3.05) is 13.2 Å². The molecule has 0 aliphatic carbocycles. The van der Waals surface area contributed by atoms with Crippen LogP contribution in [-0.4, -0.2) is 30.6 Å². The second kappa shape index (κ2) is 10.6. The van der Waals surface area contributed by atoms with Crippen molar-refractivity contribution in [3.05, 3.63) is 0 Å². The van der Waals surface area contributed by atoms with E-state index in [9.17, 15) is 13.2 Å². The van der Waals surface area contributed by atoms with Crippen LogP contribution < -0.4 is 0 Å². The predicted octanol–water partition coefficient (Wildman–Crippen LogP) is 4.07. The van der Waals surface area contributed by atoms with Crippen molar-refractivity contribution < 1.29 is 23.0 Å². The average Bonchev–Trinajstić information content (AvgIpc) is 2.30. The molecule has 0 fully saturated rings. The van der Waals surface area contributed by atoms with E-state index in [0.29, 0.717) is 6.42 Å². The molecule has 2 nitrogen and oxygen atoms in total. The molecule has 110 valence electrons. The number of ether oxygens (including phenoxy) is 1. The van der Waals surface area contributed by atoms with Gasteiger partial charge in [-0.2, -0.15) is 13.2 Å². The van der Waals surface area contributed by atoms with E-state index in [4.69, 9.17) is 9.84 Å². The Morgan fingerprint density at radius 1 is 0.944 bits per heavy atom. The molecule has 0 heterocycles. The topological polar surface area (TPSA) is 29.5 Å². The number of hydrogen-bond donors (Lipinski definition) is 1. The van der Waals surface area contributed by atoms with Crippen LogP contribution in [0.15, 0.2) is 0 Å². The number of rotatable bonds is 11. The second-order valence-electron chi connectivity index (χ2n) is 4.58. The number of halogens is 3. The summed E-state index contributed by atoms with van der Waals surface area (Å²) < 4.78 is 41.3. The Hall–Kier alpha value is -0.290. The lowest BCUT2D eigenvalue weighted by molar-refractivity contribution is -0.205. The smallest absolute Gasteiger partial charge is 0.384 e. The lowest BCUT2D eigenvalue weighted by Gasteiger charge is -2.13. The zero-order valence-corrected chi connectivity index (χ0v) is 11.1. The molecule has 0 saturated heterocycles. The van der Waals surface area contributed by atoms with E-state index in [1.165, 1.54) is 0 Å². The summed E-state index contributed by atoms with van der Waals surface area (Å²) in [7, 11) is 0. The monoisotopic (exact) mass is 270 g/mol. The van der Waals surface area contributed by atoms with Crippen LogP contribution in [0.25, 0.3) is 0 Å². The minimum absolute atomic E-state index is 0.184. The first-order chi connectivity index (χ1) is 8.48. The normalized spacial score (nSPS) is 13.8. The van der Waals surface area contributed by atoms with Crippen LogP contribution in [0.3, 0.4) is 0 Å². The van der Waals surface area contributed by atoms with Crippen molar-refractivity contribution >= 4 is 0 Å². The third-order valence-corrected chi connectivity index (χ3v) is 2.79. The second-order valence-corrected chi connectivity index (χ2v) is 4.58. The number of hydrogen-bond acceptors (Lipinski definition) is 2. The molecule has 0 amide bonds. The average molecular weight is 270 g/mol. The van der Waals surface area contributed by atoms with Crippen LogP contribution in [0.4, 0.5) is 13.2 Å². The fraction of sp³-hybridized carbons (Fsp3) is 1.00. The highest BCUT2D eigenvalue weighted by Gasteiger charge is 2.37. The van der Waals surface area contributed by atoms with Gasteiger partial charge in [-0.15, -0.1) is 0 Å². The van der Waals surface area contributed by atoms with E-state index < -0.39 is 12.3 Å². The van der Waals surface area contributed by atoms with Gasteiger partial charge in [-0.25, -0.2) is 0 Å². The van der Waals surface area contributed by atoms with Crippen molar-refractivity contribution in [1.29, 1.82) is 0 Å². The summed E-state index contributed by atoms with van der Waals surface area (Å²) in [6.07, 6.45) is -0.587. The zero-order chi connectivity index (χ0) is 13.9. The molecule has 0 aromatic carbocycles. The third kappa shape index (κ3) is 10.8. The van der Waals surface area contributed by atoms with Gasteiger partial charge < -0.3 is 9.84 Å². The fourth-order valence-corrected chi connectivity index (χ4v) is 1.58. The summed E-state index contributed by atoms with van der Waals surface area (Å²) in [6.45, 7) is 3.65. The van der Waals surface area contributed by atoms with E-state index >= 15 is 0 Å². The molecule has 1 atom stereocenters. The maximum absolute atomic E-state index is 12.0. The summed E-state index contributed by atoms with van der Waals surface area (Å²) in [4.78, 5) is 0. The van der Waals surface area contributed by atoms with Crippen LogP contribution in [0, 0.1) is 0 Å². The molecule has 0 spiro atoms. The number of unbranched alkanes of at least 4 members (excludes halogenated alkanes) is 5. The van der Waals surface area contributed by atoms with Crippen LogP contribution in [0.2, 0.25) is 0 Å². The first-order valence-electron chi connectivity index (χ1n) is 6.81. The maximum atomic E-state index is 12.0. The van der Waals surface area contributed by atoms with Crippen molar-refractivity contribution in [3.63, 3.8) is 0 Å². The Kier molecular flexibility index (Phi) is 10.4. The van der Waals surface area contributed by atoms with Gasteiger partial charge in [0.2, 0.25) is 0 Å². The number of alkyl halides is 3. The van der Waals surface area contributed by atoms with Gasteiger partial charge >= 0.3 is 6.18 Å². The lowest BCUT2D eigenvalue weighted by Crippen LogP contribution is -2.28. The molecule has 0 rings (SSSR count). The first-order valence-corrected chi connectivity index (χ1v) is 6.81. The van der Waals surface area contributed by atoms with Gasteiger partial charge in [-0.3, -0.25) is 0 Å². The molecule has 0 aromatic rings. The third-order valence-electron chi connectivity index (χ3n) is 2.79. The molecule has 1 N–H and O–H groups in total. The van der Waals surface area contributed by atoms with Crippen LogP contribution >= 0.6 is 0 Å². The van der Waals surface area contributed by atoms with Gasteiger partial charge in [0.15, 0.2) is 0 Å². The van der Waals surface area contributed by atoms with E-state index in [-0.39, 0.29) is 6.42 Å². The van der Waals surface area contributed by atoms with Gasteiger partial charge in [-0.05, 0) is 19.3 Å². The van der Waals surface area contributed by atoms with Gasteiger partial charge in [-0.1, -0.05) is 39.0 Å². The lowest BCUT2D eigenvalue weighted by atomic mass is 10.1. The van der Waals surface area contributed by atoms with Crippen molar-refractivity contribution in [1.82, 2.24) is 0 Å². The quantitative estimate of drug-likeness (QED) is 0.573. The number of aliphatic hydroxyl groups excluding tert-OH is 1. The van der Waals surface area contributed by atoms with Gasteiger partial charge in [0.1, 0.15) is 6.10 Å². The zero-order valence-electron chi connectivity index (χ0n) is 11.1. The summed E-state index contributed by atoms with van der Waals surface area (Å²) >= 11 is 0. The van der Waals surface area contributed by atoms with Crippen LogP contribution in [0.1, 0.15) is 58.3 Å². The molecule has 5 heteroatoms. The molecular weight excluding hydrogens is 245 g/mol. The molecule has 0 radical (unpaired) electrons. The maximum Gasteiger partial charge on any atom is 0.414 e.